The van der Waals surface area contributed by atoms with Crippen LogP contribution < -0.4 is 0 Å². The molecule has 0 bridgehead atoms. The van der Waals surface area contributed by atoms with Gasteiger partial charge in [-0.15, -0.1) is 0 Å². The Kier molecular flexibility index (Phi) is 3.36. The lowest BCUT2D eigenvalue weighted by molar-refractivity contribution is 0.868. The summed E-state index contributed by atoms with van der Waals surface area (Å²) in [7, 11) is 0. The van der Waals surface area contributed by atoms with Crippen molar-refractivity contribution in [2.24, 2.45) is 0 Å². The molecule has 1 heterocycles. The van der Waals surface area contributed by atoms with Crippen molar-refractivity contribution >= 4 is 32.6 Å². The lowest BCUT2D eigenvalue weighted by Gasteiger charge is -2.10. The molecular weight excluding hydrogens is 314 g/mol. The average molecular weight is 335 g/mol. The van der Waals surface area contributed by atoms with Crippen LogP contribution in [0.3, 0.4) is 0 Å². The van der Waals surface area contributed by atoms with Crippen molar-refractivity contribution in [2.45, 2.75) is 19.8 Å². The van der Waals surface area contributed by atoms with Gasteiger partial charge in [0.15, 0.2) is 0 Å². The van der Waals surface area contributed by atoms with Crippen molar-refractivity contribution in [3.05, 3.63) is 90.5 Å². The summed E-state index contributed by atoms with van der Waals surface area (Å²) >= 11 is 0. The van der Waals surface area contributed by atoms with E-state index in [1.807, 2.05) is 0 Å². The van der Waals surface area contributed by atoms with Crippen LogP contribution in [0.25, 0.3) is 38.3 Å². The van der Waals surface area contributed by atoms with Gasteiger partial charge in [-0.25, -0.2) is 0 Å². The molecule has 0 atom stereocenters. The Morgan fingerprint density at radius 3 is 2.23 bits per heavy atom. The van der Waals surface area contributed by atoms with Crippen LogP contribution in [-0.2, 0) is 0 Å². The minimum Gasteiger partial charge on any atom is -0.309 e. The molecule has 5 rings (SSSR count). The molecule has 0 spiro atoms. The zero-order valence-corrected chi connectivity index (χ0v) is 15.1. The third kappa shape index (κ3) is 2.17. The van der Waals surface area contributed by atoms with E-state index >= 15 is 0 Å². The highest BCUT2D eigenvalue weighted by Crippen LogP contribution is 2.37. The van der Waals surface area contributed by atoms with Crippen LogP contribution in [0.15, 0.2) is 84.9 Å². The Morgan fingerprint density at radius 1 is 0.654 bits per heavy atom. The van der Waals surface area contributed by atoms with Crippen molar-refractivity contribution in [1.29, 1.82) is 0 Å². The fourth-order valence-corrected chi connectivity index (χ4v) is 4.00. The average Bonchev–Trinajstić information content (AvgIpc) is 3.02. The Hall–Kier alpha value is -3.06. The Bertz CT molecular complexity index is 1240. The van der Waals surface area contributed by atoms with Crippen LogP contribution in [0, 0.1) is 0 Å². The van der Waals surface area contributed by atoms with Crippen molar-refractivity contribution in [1.82, 2.24) is 4.57 Å². The van der Waals surface area contributed by atoms with Gasteiger partial charge < -0.3 is 4.57 Å². The summed E-state index contributed by atoms with van der Waals surface area (Å²) in [4.78, 5) is 0. The monoisotopic (exact) mass is 335 g/mol. The van der Waals surface area contributed by atoms with Gasteiger partial charge in [0, 0.05) is 21.8 Å². The first-order chi connectivity index (χ1) is 12.7. The van der Waals surface area contributed by atoms with Crippen LogP contribution in [0.5, 0.6) is 0 Å². The van der Waals surface area contributed by atoms with E-state index in [2.05, 4.69) is 103 Å². The third-order valence-corrected chi connectivity index (χ3v) is 5.36. The van der Waals surface area contributed by atoms with E-state index in [1.54, 1.807) is 0 Å². The summed E-state index contributed by atoms with van der Waals surface area (Å²) in [6, 6.07) is 30.8. The third-order valence-electron chi connectivity index (χ3n) is 5.36. The highest BCUT2D eigenvalue weighted by Gasteiger charge is 2.15. The van der Waals surface area contributed by atoms with E-state index < -0.39 is 0 Å². The van der Waals surface area contributed by atoms with Gasteiger partial charge in [-0.1, -0.05) is 74.5 Å². The molecule has 0 fully saturated rings. The first-order valence-corrected chi connectivity index (χ1v) is 9.25. The van der Waals surface area contributed by atoms with Gasteiger partial charge in [0.05, 0.1) is 11.0 Å². The molecular formula is C25H21N. The van der Waals surface area contributed by atoms with Crippen LogP contribution in [0.4, 0.5) is 0 Å². The molecule has 26 heavy (non-hydrogen) atoms. The lowest BCUT2D eigenvalue weighted by atomic mass is 10.00. The summed E-state index contributed by atoms with van der Waals surface area (Å²) in [5.41, 5.74) is 5.16. The predicted molar refractivity (Wildman–Crippen MR) is 112 cm³/mol. The van der Waals surface area contributed by atoms with Crippen LogP contribution in [0.1, 0.15) is 25.3 Å². The predicted octanol–water partition coefficient (Wildman–Crippen LogP) is 7.06. The summed E-state index contributed by atoms with van der Waals surface area (Å²) in [6.45, 7) is 4.51. The largest absolute Gasteiger partial charge is 0.309 e. The molecule has 0 aliphatic rings. The van der Waals surface area contributed by atoms with Crippen molar-refractivity contribution in [3.8, 4) is 5.69 Å². The van der Waals surface area contributed by atoms with Crippen LogP contribution >= 0.6 is 0 Å². The molecule has 1 aromatic heterocycles. The molecule has 5 aromatic rings. The molecule has 1 heteroatoms. The standard InChI is InChI=1S/C25H21N/c1-17(2)19-13-15-24-23(16-19)22-14-12-18-8-6-7-11-21(18)25(22)26(24)20-9-4-3-5-10-20/h3-17H,1-2H3. The van der Waals surface area contributed by atoms with E-state index in [1.165, 1.54) is 43.8 Å². The fraction of sp³-hybridized carbons (Fsp3) is 0.120. The summed E-state index contributed by atoms with van der Waals surface area (Å²) in [5, 5.41) is 5.24. The number of aromatic nitrogens is 1. The molecule has 4 aromatic carbocycles. The summed E-state index contributed by atoms with van der Waals surface area (Å²) < 4.78 is 2.41. The number of hydrogen-bond donors (Lipinski definition) is 0. The van der Waals surface area contributed by atoms with Gasteiger partial charge in [-0.3, -0.25) is 0 Å². The van der Waals surface area contributed by atoms with Gasteiger partial charge in [0.1, 0.15) is 0 Å². The Balaban J connectivity index is 2.03. The second-order valence-corrected chi connectivity index (χ2v) is 7.29. The molecule has 0 saturated carbocycles. The van der Waals surface area contributed by atoms with E-state index in [4.69, 9.17) is 0 Å². The number of para-hydroxylation sites is 1. The van der Waals surface area contributed by atoms with Gasteiger partial charge in [-0.2, -0.15) is 0 Å². The molecule has 0 aliphatic carbocycles. The van der Waals surface area contributed by atoms with Gasteiger partial charge in [-0.05, 0) is 41.1 Å². The molecule has 0 radical (unpaired) electrons. The maximum atomic E-state index is 2.41. The second kappa shape index (κ2) is 5.74. The molecule has 0 unspecified atom stereocenters. The number of nitrogens with zero attached hydrogens (tertiary/aromatic N) is 1. The van der Waals surface area contributed by atoms with Crippen molar-refractivity contribution < 1.29 is 0 Å². The quantitative estimate of drug-likeness (QED) is 0.325. The molecule has 0 aliphatic heterocycles. The molecule has 126 valence electrons. The van der Waals surface area contributed by atoms with E-state index in [9.17, 15) is 0 Å². The van der Waals surface area contributed by atoms with Crippen LogP contribution in [0.2, 0.25) is 0 Å². The number of fused-ring (bicyclic) bond motifs is 5. The fourth-order valence-electron chi connectivity index (χ4n) is 4.00. The summed E-state index contributed by atoms with van der Waals surface area (Å²) in [6.07, 6.45) is 0. The highest BCUT2D eigenvalue weighted by atomic mass is 15.0. The van der Waals surface area contributed by atoms with Crippen LogP contribution in [-0.4, -0.2) is 4.57 Å². The van der Waals surface area contributed by atoms with Crippen molar-refractivity contribution in [3.63, 3.8) is 0 Å². The lowest BCUT2D eigenvalue weighted by Crippen LogP contribution is -1.94. The van der Waals surface area contributed by atoms with E-state index in [0.29, 0.717) is 5.92 Å². The van der Waals surface area contributed by atoms with E-state index in [-0.39, 0.29) is 0 Å². The SMILES string of the molecule is CC(C)c1ccc2c(c1)c1ccc3ccccc3c1n2-c1ccccc1. The maximum Gasteiger partial charge on any atom is 0.0619 e. The first-order valence-electron chi connectivity index (χ1n) is 9.25. The van der Waals surface area contributed by atoms with Gasteiger partial charge in [0.2, 0.25) is 0 Å². The van der Waals surface area contributed by atoms with Crippen molar-refractivity contribution in [2.75, 3.05) is 0 Å². The zero-order valence-electron chi connectivity index (χ0n) is 15.1. The van der Waals surface area contributed by atoms with Gasteiger partial charge in [0.25, 0.3) is 0 Å². The zero-order chi connectivity index (χ0) is 17.7. The molecule has 1 nitrogen and oxygen atoms in total. The first kappa shape index (κ1) is 15.2. The Labute approximate surface area is 153 Å². The minimum absolute atomic E-state index is 0.523. The molecule has 0 amide bonds. The number of benzene rings is 4. The minimum atomic E-state index is 0.523. The topological polar surface area (TPSA) is 4.93 Å². The Morgan fingerprint density at radius 2 is 1.42 bits per heavy atom. The number of rotatable bonds is 2. The van der Waals surface area contributed by atoms with E-state index in [0.717, 1.165) is 0 Å². The smallest absolute Gasteiger partial charge is 0.0619 e. The maximum absolute atomic E-state index is 2.41. The normalized spacial score (nSPS) is 11.8. The number of hydrogen-bond acceptors (Lipinski definition) is 0. The second-order valence-electron chi connectivity index (χ2n) is 7.29. The molecule has 0 N–H and O–H groups in total. The summed E-state index contributed by atoms with van der Waals surface area (Å²) in [5.74, 6) is 0.523. The molecule has 0 saturated heterocycles. The van der Waals surface area contributed by atoms with Gasteiger partial charge >= 0.3 is 0 Å². The highest BCUT2D eigenvalue weighted by molar-refractivity contribution is 6.18.